The van der Waals surface area contributed by atoms with E-state index in [1.165, 1.54) is 0 Å². The van der Waals surface area contributed by atoms with Crippen molar-refractivity contribution in [1.29, 1.82) is 0 Å². The number of piperidine rings is 1. The van der Waals surface area contributed by atoms with Gasteiger partial charge in [-0.05, 0) is 37.0 Å². The normalized spacial score (nSPS) is 15.8. The van der Waals surface area contributed by atoms with Gasteiger partial charge in [0.2, 0.25) is 5.95 Å². The van der Waals surface area contributed by atoms with Crippen LogP contribution in [-0.4, -0.2) is 29.0 Å². The molecule has 3 heterocycles. The van der Waals surface area contributed by atoms with E-state index in [9.17, 15) is 4.79 Å². The molecule has 0 spiro atoms. The smallest absolute Gasteiger partial charge is 0.270 e. The Labute approximate surface area is 129 Å². The minimum absolute atomic E-state index is 0.217. The topological polar surface area (TPSA) is 71.3 Å². The van der Waals surface area contributed by atoms with Gasteiger partial charge < -0.3 is 14.6 Å². The number of amides is 1. The first-order valence-electron chi connectivity index (χ1n) is 7.61. The summed E-state index contributed by atoms with van der Waals surface area (Å²) in [7, 11) is 0. The van der Waals surface area contributed by atoms with E-state index in [1.807, 2.05) is 6.07 Å². The van der Waals surface area contributed by atoms with E-state index in [4.69, 9.17) is 4.42 Å². The lowest BCUT2D eigenvalue weighted by atomic mass is 10.00. The maximum Gasteiger partial charge on any atom is 0.270 e. The fourth-order valence-corrected chi connectivity index (χ4v) is 2.51. The van der Waals surface area contributed by atoms with Gasteiger partial charge in [-0.2, -0.15) is 0 Å². The number of carbonyl (C=O) groups is 1. The summed E-state index contributed by atoms with van der Waals surface area (Å²) in [6.07, 6.45) is 5.50. The first-order chi connectivity index (χ1) is 10.7. The maximum absolute atomic E-state index is 12.2. The van der Waals surface area contributed by atoms with Gasteiger partial charge >= 0.3 is 0 Å². The Bertz CT molecular complexity index is 619. The predicted molar refractivity (Wildman–Crippen MR) is 82.5 cm³/mol. The van der Waals surface area contributed by atoms with Crippen molar-refractivity contribution in [1.82, 2.24) is 15.3 Å². The second kappa shape index (κ2) is 6.60. The van der Waals surface area contributed by atoms with Gasteiger partial charge in [-0.1, -0.05) is 6.92 Å². The van der Waals surface area contributed by atoms with E-state index in [0.29, 0.717) is 23.9 Å². The lowest BCUT2D eigenvalue weighted by Crippen LogP contribution is -2.34. The summed E-state index contributed by atoms with van der Waals surface area (Å²) in [4.78, 5) is 23.0. The van der Waals surface area contributed by atoms with Crippen molar-refractivity contribution < 1.29 is 9.21 Å². The number of hydrogen-bond acceptors (Lipinski definition) is 5. The molecule has 0 aromatic carbocycles. The molecule has 1 N–H and O–H groups in total. The van der Waals surface area contributed by atoms with Crippen molar-refractivity contribution in [3.8, 4) is 0 Å². The van der Waals surface area contributed by atoms with E-state index in [0.717, 1.165) is 31.8 Å². The van der Waals surface area contributed by atoms with Crippen LogP contribution in [-0.2, 0) is 6.54 Å². The molecule has 1 aliphatic heterocycles. The first kappa shape index (κ1) is 14.6. The highest BCUT2D eigenvalue weighted by Gasteiger charge is 2.19. The predicted octanol–water partition coefficient (Wildman–Crippen LogP) is 2.24. The van der Waals surface area contributed by atoms with E-state index in [-0.39, 0.29) is 5.91 Å². The minimum atomic E-state index is -0.217. The summed E-state index contributed by atoms with van der Waals surface area (Å²) in [6.45, 7) is 4.50. The Hall–Kier alpha value is -2.37. The molecule has 0 atom stereocenters. The summed E-state index contributed by atoms with van der Waals surface area (Å²) >= 11 is 0. The van der Waals surface area contributed by atoms with Crippen LogP contribution in [0, 0.1) is 5.92 Å². The lowest BCUT2D eigenvalue weighted by molar-refractivity contribution is 0.0943. The molecule has 6 nitrogen and oxygen atoms in total. The molecule has 116 valence electrons. The van der Waals surface area contributed by atoms with Crippen molar-refractivity contribution in [3.05, 3.63) is 42.1 Å². The van der Waals surface area contributed by atoms with E-state index in [1.54, 1.807) is 24.6 Å². The minimum Gasteiger partial charge on any atom is -0.467 e. The molecule has 1 amide bonds. The van der Waals surface area contributed by atoms with E-state index in [2.05, 4.69) is 27.1 Å². The molecule has 2 aromatic rings. The quantitative estimate of drug-likeness (QED) is 0.937. The van der Waals surface area contributed by atoms with Crippen molar-refractivity contribution in [2.75, 3.05) is 18.0 Å². The molecule has 1 saturated heterocycles. The van der Waals surface area contributed by atoms with Crippen LogP contribution in [0.2, 0.25) is 0 Å². The number of furan rings is 1. The maximum atomic E-state index is 12.2. The molecule has 3 rings (SSSR count). The number of hydrogen-bond donors (Lipinski definition) is 1. The molecule has 0 unspecified atom stereocenters. The highest BCUT2D eigenvalue weighted by Crippen LogP contribution is 2.19. The standard InChI is InChI=1S/C16H20N4O2/c1-12-5-8-20(9-6-12)16-17-7-4-14(19-16)15(21)18-11-13-3-2-10-22-13/h2-4,7,10,12H,5-6,8-9,11H2,1H3,(H,18,21). The van der Waals surface area contributed by atoms with Crippen LogP contribution in [0.4, 0.5) is 5.95 Å². The average molecular weight is 300 g/mol. The van der Waals surface area contributed by atoms with Crippen LogP contribution in [0.15, 0.2) is 35.1 Å². The third-order valence-corrected chi connectivity index (χ3v) is 3.95. The fraction of sp³-hybridized carbons (Fsp3) is 0.438. The SMILES string of the molecule is CC1CCN(c2nccc(C(=O)NCc3ccco3)n2)CC1. The van der Waals surface area contributed by atoms with Crippen molar-refractivity contribution >= 4 is 11.9 Å². The monoisotopic (exact) mass is 300 g/mol. The Morgan fingerprint density at radius 3 is 2.95 bits per heavy atom. The second-order valence-electron chi connectivity index (χ2n) is 5.67. The highest BCUT2D eigenvalue weighted by atomic mass is 16.3. The van der Waals surface area contributed by atoms with Crippen LogP contribution < -0.4 is 10.2 Å². The number of rotatable bonds is 4. The molecule has 1 fully saturated rings. The molecule has 0 bridgehead atoms. The van der Waals surface area contributed by atoms with Crippen molar-refractivity contribution in [2.24, 2.45) is 5.92 Å². The van der Waals surface area contributed by atoms with Crippen LogP contribution >= 0.6 is 0 Å². The fourth-order valence-electron chi connectivity index (χ4n) is 2.51. The van der Waals surface area contributed by atoms with Crippen LogP contribution in [0.3, 0.4) is 0 Å². The van der Waals surface area contributed by atoms with Crippen molar-refractivity contribution in [3.63, 3.8) is 0 Å². The van der Waals surface area contributed by atoms with Gasteiger partial charge in [0.05, 0.1) is 12.8 Å². The Balaban J connectivity index is 1.64. The Kier molecular flexibility index (Phi) is 4.37. The van der Waals surface area contributed by atoms with E-state index < -0.39 is 0 Å². The lowest BCUT2D eigenvalue weighted by Gasteiger charge is -2.30. The number of carbonyl (C=O) groups excluding carboxylic acids is 1. The van der Waals surface area contributed by atoms with Gasteiger partial charge in [0, 0.05) is 19.3 Å². The third kappa shape index (κ3) is 3.44. The molecule has 0 aliphatic carbocycles. The number of nitrogens with zero attached hydrogens (tertiary/aromatic N) is 3. The number of aromatic nitrogens is 2. The molecule has 22 heavy (non-hydrogen) atoms. The molecule has 2 aromatic heterocycles. The van der Waals surface area contributed by atoms with Crippen LogP contribution in [0.1, 0.15) is 36.0 Å². The summed E-state index contributed by atoms with van der Waals surface area (Å²) in [6, 6.07) is 5.25. The van der Waals surface area contributed by atoms with Gasteiger partial charge in [0.1, 0.15) is 11.5 Å². The summed E-state index contributed by atoms with van der Waals surface area (Å²) in [5.41, 5.74) is 0.384. The third-order valence-electron chi connectivity index (χ3n) is 3.95. The zero-order chi connectivity index (χ0) is 15.4. The summed E-state index contributed by atoms with van der Waals surface area (Å²) in [5.74, 6) is 1.88. The van der Waals surface area contributed by atoms with Crippen LogP contribution in [0.25, 0.3) is 0 Å². The molecule has 1 aliphatic rings. The molecule has 0 radical (unpaired) electrons. The number of nitrogens with one attached hydrogen (secondary N) is 1. The van der Waals surface area contributed by atoms with Crippen LogP contribution in [0.5, 0.6) is 0 Å². The van der Waals surface area contributed by atoms with Gasteiger partial charge in [-0.15, -0.1) is 0 Å². The summed E-state index contributed by atoms with van der Waals surface area (Å²) < 4.78 is 5.19. The van der Waals surface area contributed by atoms with E-state index >= 15 is 0 Å². The molecular formula is C16H20N4O2. The van der Waals surface area contributed by atoms with Crippen molar-refractivity contribution in [2.45, 2.75) is 26.3 Å². The zero-order valence-corrected chi connectivity index (χ0v) is 12.7. The largest absolute Gasteiger partial charge is 0.467 e. The van der Waals surface area contributed by atoms with Gasteiger partial charge in [-0.25, -0.2) is 9.97 Å². The second-order valence-corrected chi connectivity index (χ2v) is 5.67. The van der Waals surface area contributed by atoms with Gasteiger partial charge in [-0.3, -0.25) is 4.79 Å². The zero-order valence-electron chi connectivity index (χ0n) is 12.7. The first-order valence-corrected chi connectivity index (χ1v) is 7.61. The molecular weight excluding hydrogens is 280 g/mol. The highest BCUT2D eigenvalue weighted by molar-refractivity contribution is 5.92. The average Bonchev–Trinajstić information content (AvgIpc) is 3.07. The Morgan fingerprint density at radius 1 is 1.41 bits per heavy atom. The number of anilines is 1. The molecule has 6 heteroatoms. The Morgan fingerprint density at radius 2 is 2.23 bits per heavy atom. The summed E-state index contributed by atoms with van der Waals surface area (Å²) in [5, 5.41) is 2.80. The molecule has 0 saturated carbocycles. The van der Waals surface area contributed by atoms with Gasteiger partial charge in [0.25, 0.3) is 5.91 Å². The van der Waals surface area contributed by atoms with Gasteiger partial charge in [0.15, 0.2) is 0 Å².